The van der Waals surface area contributed by atoms with Gasteiger partial charge in [0.05, 0.1) is 0 Å². The summed E-state index contributed by atoms with van der Waals surface area (Å²) in [7, 11) is 1.63. The molecule has 22 heavy (non-hydrogen) atoms. The average molecular weight is 319 g/mol. The maximum atomic E-state index is 13.1. The number of thiazole rings is 1. The van der Waals surface area contributed by atoms with E-state index in [1.807, 2.05) is 0 Å². The second kappa shape index (κ2) is 6.95. The fourth-order valence-corrected chi connectivity index (χ4v) is 2.38. The van der Waals surface area contributed by atoms with Crippen molar-refractivity contribution in [2.24, 2.45) is 0 Å². The summed E-state index contributed by atoms with van der Waals surface area (Å²) >= 11 is 1.13. The summed E-state index contributed by atoms with van der Waals surface area (Å²) < 4.78 is 13.1. The summed E-state index contributed by atoms with van der Waals surface area (Å²) in [6.07, 6.45) is 1.61. The number of aromatic nitrogens is 1. The molecule has 5 nitrogen and oxygen atoms in total. The van der Waals surface area contributed by atoms with Crippen LogP contribution in [0, 0.1) is 5.82 Å². The Balaban J connectivity index is 2.07. The number of likely N-dealkylation sites (N-methyl/N-ethyl adjacent to an activating group) is 1. The first kappa shape index (κ1) is 15.8. The summed E-state index contributed by atoms with van der Waals surface area (Å²) in [5.74, 6) is -1.23. The molecule has 0 spiro atoms. The highest BCUT2D eigenvalue weighted by molar-refractivity contribution is 7.14. The van der Waals surface area contributed by atoms with Gasteiger partial charge in [-0.05, 0) is 18.2 Å². The van der Waals surface area contributed by atoms with Crippen molar-refractivity contribution in [1.82, 2.24) is 9.88 Å². The van der Waals surface area contributed by atoms with Gasteiger partial charge >= 0.3 is 0 Å². The summed E-state index contributed by atoms with van der Waals surface area (Å²) in [6.45, 7) is 3.97. The van der Waals surface area contributed by atoms with E-state index in [0.29, 0.717) is 6.54 Å². The average Bonchev–Trinajstić information content (AvgIpc) is 2.95. The Bertz CT molecular complexity index is 714. The Hall–Kier alpha value is -2.54. The molecule has 0 unspecified atom stereocenters. The van der Waals surface area contributed by atoms with E-state index < -0.39 is 11.7 Å². The van der Waals surface area contributed by atoms with Crippen molar-refractivity contribution in [2.45, 2.75) is 0 Å². The van der Waals surface area contributed by atoms with Gasteiger partial charge in [-0.15, -0.1) is 17.9 Å². The van der Waals surface area contributed by atoms with Gasteiger partial charge in [-0.25, -0.2) is 9.37 Å². The summed E-state index contributed by atoms with van der Waals surface area (Å²) in [4.78, 5) is 29.5. The second-order valence-corrected chi connectivity index (χ2v) is 5.33. The molecule has 1 aromatic heterocycles. The van der Waals surface area contributed by atoms with Crippen LogP contribution in [0.4, 0.5) is 9.52 Å². The largest absolute Gasteiger partial charge is 0.337 e. The number of halogens is 1. The van der Waals surface area contributed by atoms with Crippen LogP contribution in [0.5, 0.6) is 0 Å². The molecule has 0 saturated carbocycles. The Morgan fingerprint density at radius 2 is 2.27 bits per heavy atom. The molecule has 0 aliphatic carbocycles. The molecule has 2 rings (SSSR count). The van der Waals surface area contributed by atoms with Crippen molar-refractivity contribution >= 4 is 28.3 Å². The van der Waals surface area contributed by atoms with E-state index in [1.165, 1.54) is 23.1 Å². The van der Waals surface area contributed by atoms with Crippen molar-refractivity contribution < 1.29 is 14.0 Å². The molecule has 0 saturated heterocycles. The third kappa shape index (κ3) is 3.76. The van der Waals surface area contributed by atoms with E-state index in [2.05, 4.69) is 16.9 Å². The van der Waals surface area contributed by atoms with Crippen molar-refractivity contribution in [1.29, 1.82) is 0 Å². The van der Waals surface area contributed by atoms with E-state index >= 15 is 0 Å². The van der Waals surface area contributed by atoms with Gasteiger partial charge in [0.25, 0.3) is 11.8 Å². The Morgan fingerprint density at radius 3 is 2.95 bits per heavy atom. The minimum atomic E-state index is -0.492. The molecule has 1 aromatic carbocycles. The van der Waals surface area contributed by atoms with Crippen molar-refractivity contribution in [3.05, 3.63) is 59.4 Å². The summed E-state index contributed by atoms with van der Waals surface area (Å²) in [5.41, 5.74) is 0.427. The number of nitrogens with zero attached hydrogens (tertiary/aromatic N) is 2. The van der Waals surface area contributed by atoms with Crippen molar-refractivity contribution in [3.8, 4) is 0 Å². The number of carbonyl (C=O) groups is 2. The molecule has 0 atom stereocenters. The van der Waals surface area contributed by atoms with Crippen LogP contribution in [-0.2, 0) is 0 Å². The third-order valence-corrected chi connectivity index (χ3v) is 3.54. The predicted octanol–water partition coefficient (Wildman–Crippen LogP) is 2.79. The minimum Gasteiger partial charge on any atom is -0.337 e. The predicted molar refractivity (Wildman–Crippen MR) is 83.6 cm³/mol. The lowest BCUT2D eigenvalue weighted by Gasteiger charge is -2.12. The molecule has 114 valence electrons. The maximum Gasteiger partial charge on any atom is 0.273 e. The molecule has 0 bridgehead atoms. The number of benzene rings is 1. The normalized spacial score (nSPS) is 10.1. The number of hydrogen-bond acceptors (Lipinski definition) is 4. The SMILES string of the molecule is C=CCN(C)C(=O)c1csc(NC(=O)c2cccc(F)c2)n1. The van der Waals surface area contributed by atoms with Crippen molar-refractivity contribution in [2.75, 3.05) is 18.9 Å². The van der Waals surface area contributed by atoms with E-state index in [0.717, 1.165) is 17.4 Å². The number of hydrogen-bond donors (Lipinski definition) is 1. The zero-order valence-electron chi connectivity index (χ0n) is 11.9. The zero-order valence-corrected chi connectivity index (χ0v) is 12.7. The highest BCUT2D eigenvalue weighted by atomic mass is 32.1. The number of rotatable bonds is 5. The third-order valence-electron chi connectivity index (χ3n) is 2.78. The Labute approximate surface area is 131 Å². The first-order chi connectivity index (χ1) is 10.5. The lowest BCUT2D eigenvalue weighted by atomic mass is 10.2. The number of carbonyl (C=O) groups excluding carboxylic acids is 2. The Kier molecular flexibility index (Phi) is 5.00. The van der Waals surface area contributed by atoms with Gasteiger partial charge < -0.3 is 4.90 Å². The number of nitrogens with one attached hydrogen (secondary N) is 1. The first-order valence-corrected chi connectivity index (χ1v) is 7.28. The molecule has 1 heterocycles. The maximum absolute atomic E-state index is 13.1. The topological polar surface area (TPSA) is 62.3 Å². The van der Waals surface area contributed by atoms with Crippen LogP contribution in [0.15, 0.2) is 42.3 Å². The molecule has 2 amide bonds. The lowest BCUT2D eigenvalue weighted by Crippen LogP contribution is -2.27. The van der Waals surface area contributed by atoms with Gasteiger partial charge in [0.2, 0.25) is 0 Å². The van der Waals surface area contributed by atoms with Gasteiger partial charge in [-0.1, -0.05) is 12.1 Å². The smallest absolute Gasteiger partial charge is 0.273 e. The van der Waals surface area contributed by atoms with Crippen LogP contribution < -0.4 is 5.32 Å². The summed E-state index contributed by atoms with van der Waals surface area (Å²) in [5, 5.41) is 4.38. The highest BCUT2D eigenvalue weighted by Crippen LogP contribution is 2.17. The van der Waals surface area contributed by atoms with Crippen LogP contribution in [0.2, 0.25) is 0 Å². The van der Waals surface area contributed by atoms with Crippen LogP contribution in [-0.4, -0.2) is 35.3 Å². The number of anilines is 1. The van der Waals surface area contributed by atoms with Gasteiger partial charge in [0, 0.05) is 24.5 Å². The van der Waals surface area contributed by atoms with Gasteiger partial charge in [-0.2, -0.15) is 0 Å². The monoisotopic (exact) mass is 319 g/mol. The van der Waals surface area contributed by atoms with E-state index in [9.17, 15) is 14.0 Å². The van der Waals surface area contributed by atoms with E-state index in [4.69, 9.17) is 0 Å². The molecular formula is C15H14FN3O2S. The first-order valence-electron chi connectivity index (χ1n) is 6.40. The molecule has 0 aliphatic rings. The Morgan fingerprint density at radius 1 is 1.50 bits per heavy atom. The second-order valence-electron chi connectivity index (χ2n) is 4.48. The summed E-state index contributed by atoms with van der Waals surface area (Å²) in [6, 6.07) is 5.33. The standard InChI is InChI=1S/C15H14FN3O2S/c1-3-7-19(2)14(21)12-9-22-15(17-12)18-13(20)10-5-4-6-11(16)8-10/h3-6,8-9H,1,7H2,2H3,(H,17,18,20). The van der Waals surface area contributed by atoms with Gasteiger partial charge in [0.1, 0.15) is 11.5 Å². The number of amides is 2. The van der Waals surface area contributed by atoms with Crippen molar-refractivity contribution in [3.63, 3.8) is 0 Å². The minimum absolute atomic E-state index is 0.187. The molecular weight excluding hydrogens is 305 g/mol. The lowest BCUT2D eigenvalue weighted by molar-refractivity contribution is 0.0805. The van der Waals surface area contributed by atoms with Crippen LogP contribution in [0.25, 0.3) is 0 Å². The van der Waals surface area contributed by atoms with E-state index in [1.54, 1.807) is 18.5 Å². The zero-order chi connectivity index (χ0) is 16.1. The molecule has 7 heteroatoms. The molecule has 1 N–H and O–H groups in total. The van der Waals surface area contributed by atoms with Gasteiger partial charge in [0.15, 0.2) is 5.13 Å². The van der Waals surface area contributed by atoms with Crippen LogP contribution in [0.3, 0.4) is 0 Å². The fourth-order valence-electron chi connectivity index (χ4n) is 1.70. The van der Waals surface area contributed by atoms with Crippen LogP contribution in [0.1, 0.15) is 20.8 Å². The molecule has 0 radical (unpaired) electrons. The molecule has 0 fully saturated rings. The molecule has 2 aromatic rings. The van der Waals surface area contributed by atoms with Gasteiger partial charge in [-0.3, -0.25) is 14.9 Å². The fraction of sp³-hybridized carbons (Fsp3) is 0.133. The molecule has 0 aliphatic heterocycles. The highest BCUT2D eigenvalue weighted by Gasteiger charge is 2.16. The van der Waals surface area contributed by atoms with E-state index in [-0.39, 0.29) is 22.3 Å². The quantitative estimate of drug-likeness (QED) is 0.862. The van der Waals surface area contributed by atoms with Crippen LogP contribution >= 0.6 is 11.3 Å².